The van der Waals surface area contributed by atoms with Crippen molar-refractivity contribution in [2.75, 3.05) is 6.54 Å². The van der Waals surface area contributed by atoms with Crippen molar-refractivity contribution in [3.05, 3.63) is 95.1 Å². The van der Waals surface area contributed by atoms with E-state index in [4.69, 9.17) is 4.98 Å². The van der Waals surface area contributed by atoms with Gasteiger partial charge in [-0.3, -0.25) is 9.78 Å². The lowest BCUT2D eigenvalue weighted by Gasteiger charge is -2.24. The maximum atomic E-state index is 13.1. The highest BCUT2D eigenvalue weighted by atomic mass is 19.4. The SMILES string of the molecule is O=C(CCc1nc2ccccc2[nH]1)N1CCC[C@H]1c1cccc(Cc2ccc(C(F)(F)F)cc2)n1. The second kappa shape index (κ2) is 9.52. The van der Waals surface area contributed by atoms with Gasteiger partial charge in [0.15, 0.2) is 0 Å². The second-order valence-electron chi connectivity index (χ2n) is 8.87. The van der Waals surface area contributed by atoms with Gasteiger partial charge in [0.1, 0.15) is 5.82 Å². The molecule has 8 heteroatoms. The number of hydrogen-bond donors (Lipinski definition) is 1. The van der Waals surface area contributed by atoms with Crippen molar-refractivity contribution in [2.24, 2.45) is 0 Å². The molecule has 0 unspecified atom stereocenters. The Morgan fingerprint density at radius 2 is 1.80 bits per heavy atom. The molecule has 4 aromatic rings. The van der Waals surface area contributed by atoms with E-state index in [2.05, 4.69) is 9.97 Å². The molecule has 1 amide bonds. The molecule has 180 valence electrons. The minimum Gasteiger partial charge on any atom is -0.342 e. The molecule has 0 bridgehead atoms. The zero-order valence-electron chi connectivity index (χ0n) is 19.1. The van der Waals surface area contributed by atoms with Crippen LogP contribution in [0.1, 0.15) is 53.6 Å². The number of H-pyrrole nitrogens is 1. The third-order valence-corrected chi connectivity index (χ3v) is 6.42. The Morgan fingerprint density at radius 1 is 1.00 bits per heavy atom. The minimum atomic E-state index is -4.35. The molecule has 0 spiro atoms. The number of likely N-dealkylation sites (tertiary alicyclic amines) is 1. The number of aromatic amines is 1. The number of aryl methyl sites for hydroxylation is 1. The van der Waals surface area contributed by atoms with Crippen molar-refractivity contribution in [1.29, 1.82) is 0 Å². The van der Waals surface area contributed by atoms with Crippen LogP contribution >= 0.6 is 0 Å². The Balaban J connectivity index is 1.25. The van der Waals surface area contributed by atoms with Crippen molar-refractivity contribution in [3.63, 3.8) is 0 Å². The highest BCUT2D eigenvalue weighted by molar-refractivity contribution is 5.78. The summed E-state index contributed by atoms with van der Waals surface area (Å²) in [4.78, 5) is 27.6. The molecular weight excluding hydrogens is 453 g/mol. The number of alkyl halides is 3. The Bertz CT molecular complexity index is 1300. The number of nitrogens with one attached hydrogen (secondary N) is 1. The molecule has 0 aliphatic carbocycles. The number of hydrogen-bond acceptors (Lipinski definition) is 3. The van der Waals surface area contributed by atoms with Gasteiger partial charge >= 0.3 is 6.18 Å². The van der Waals surface area contributed by atoms with E-state index in [0.717, 1.165) is 58.8 Å². The molecule has 1 N–H and O–H groups in total. The molecule has 1 aliphatic rings. The first-order chi connectivity index (χ1) is 16.9. The number of pyridine rings is 1. The molecule has 5 rings (SSSR count). The van der Waals surface area contributed by atoms with Gasteiger partial charge in [-0.2, -0.15) is 13.2 Å². The molecule has 2 aromatic carbocycles. The van der Waals surface area contributed by atoms with Crippen molar-refractivity contribution in [3.8, 4) is 0 Å². The van der Waals surface area contributed by atoms with Crippen LogP contribution in [0.2, 0.25) is 0 Å². The third kappa shape index (κ3) is 5.21. The van der Waals surface area contributed by atoms with Gasteiger partial charge in [-0.25, -0.2) is 4.98 Å². The maximum absolute atomic E-state index is 13.1. The van der Waals surface area contributed by atoms with E-state index in [-0.39, 0.29) is 11.9 Å². The Labute approximate surface area is 201 Å². The summed E-state index contributed by atoms with van der Waals surface area (Å²) in [6.45, 7) is 0.689. The molecule has 1 aliphatic heterocycles. The molecule has 0 saturated carbocycles. The van der Waals surface area contributed by atoms with Crippen LogP contribution in [-0.2, 0) is 23.8 Å². The Kier molecular flexibility index (Phi) is 6.28. The zero-order chi connectivity index (χ0) is 24.4. The van der Waals surface area contributed by atoms with Crippen LogP contribution in [0.5, 0.6) is 0 Å². The number of amides is 1. The first kappa shape index (κ1) is 23.1. The number of halogens is 3. The predicted octanol–water partition coefficient (Wildman–Crippen LogP) is 5.86. The summed E-state index contributed by atoms with van der Waals surface area (Å²) < 4.78 is 38.5. The number of para-hydroxylation sites is 2. The third-order valence-electron chi connectivity index (χ3n) is 6.42. The number of aromatic nitrogens is 3. The molecule has 0 radical (unpaired) electrons. The maximum Gasteiger partial charge on any atom is 0.416 e. The fourth-order valence-electron chi connectivity index (χ4n) is 4.67. The van der Waals surface area contributed by atoms with Crippen LogP contribution in [0.3, 0.4) is 0 Å². The van der Waals surface area contributed by atoms with Gasteiger partial charge in [-0.05, 0) is 54.8 Å². The first-order valence-corrected chi connectivity index (χ1v) is 11.7. The zero-order valence-corrected chi connectivity index (χ0v) is 19.1. The van der Waals surface area contributed by atoms with Crippen LogP contribution in [0.4, 0.5) is 13.2 Å². The average Bonchev–Trinajstić information content (AvgIpc) is 3.50. The highest BCUT2D eigenvalue weighted by Crippen LogP contribution is 2.32. The van der Waals surface area contributed by atoms with Crippen LogP contribution in [0.25, 0.3) is 11.0 Å². The van der Waals surface area contributed by atoms with E-state index >= 15 is 0 Å². The number of carbonyl (C=O) groups excluding carboxylic acids is 1. The minimum absolute atomic E-state index is 0.0721. The number of fused-ring (bicyclic) bond motifs is 1. The van der Waals surface area contributed by atoms with Crippen LogP contribution in [-0.4, -0.2) is 32.3 Å². The van der Waals surface area contributed by atoms with Gasteiger partial charge < -0.3 is 9.88 Å². The van der Waals surface area contributed by atoms with Crippen LogP contribution in [0, 0.1) is 0 Å². The standard InChI is InChI=1S/C27H25F3N4O/c28-27(29,30)19-12-10-18(11-13-19)17-20-5-3-8-23(31-20)24-9-4-16-34(24)26(35)15-14-25-32-21-6-1-2-7-22(21)33-25/h1-3,5-8,10-13,24H,4,9,14-17H2,(H,32,33)/t24-/m0/s1. The van der Waals surface area contributed by atoms with E-state index in [9.17, 15) is 18.0 Å². The predicted molar refractivity (Wildman–Crippen MR) is 127 cm³/mol. The Hall–Kier alpha value is -3.68. The lowest BCUT2D eigenvalue weighted by Crippen LogP contribution is -2.31. The number of rotatable bonds is 6. The van der Waals surface area contributed by atoms with Crippen LogP contribution in [0.15, 0.2) is 66.7 Å². The van der Waals surface area contributed by atoms with Crippen molar-refractivity contribution >= 4 is 16.9 Å². The highest BCUT2D eigenvalue weighted by Gasteiger charge is 2.31. The van der Waals surface area contributed by atoms with Gasteiger partial charge in [-0.1, -0.05) is 30.3 Å². The summed E-state index contributed by atoms with van der Waals surface area (Å²) >= 11 is 0. The summed E-state index contributed by atoms with van der Waals surface area (Å²) in [6, 6.07) is 18.6. The molecule has 1 saturated heterocycles. The fourth-order valence-corrected chi connectivity index (χ4v) is 4.67. The second-order valence-corrected chi connectivity index (χ2v) is 8.87. The molecule has 35 heavy (non-hydrogen) atoms. The molecule has 2 aromatic heterocycles. The van der Waals surface area contributed by atoms with Crippen molar-refractivity contribution < 1.29 is 18.0 Å². The van der Waals surface area contributed by atoms with E-state index in [1.165, 1.54) is 12.1 Å². The lowest BCUT2D eigenvalue weighted by atomic mass is 10.0. The van der Waals surface area contributed by atoms with Crippen molar-refractivity contribution in [1.82, 2.24) is 19.9 Å². The normalized spacial score (nSPS) is 16.2. The van der Waals surface area contributed by atoms with E-state index in [1.54, 1.807) is 0 Å². The molecule has 5 nitrogen and oxygen atoms in total. The van der Waals surface area contributed by atoms with E-state index in [0.29, 0.717) is 25.8 Å². The van der Waals surface area contributed by atoms with Crippen LogP contribution < -0.4 is 0 Å². The first-order valence-electron chi connectivity index (χ1n) is 11.7. The number of benzene rings is 2. The molecule has 1 atom stereocenters. The van der Waals surface area contributed by atoms with E-state index < -0.39 is 11.7 Å². The summed E-state index contributed by atoms with van der Waals surface area (Å²) in [5.41, 5.74) is 3.54. The number of nitrogens with zero attached hydrogens (tertiary/aromatic N) is 3. The summed E-state index contributed by atoms with van der Waals surface area (Å²) in [7, 11) is 0. The van der Waals surface area contributed by atoms with E-state index in [1.807, 2.05) is 47.4 Å². The summed E-state index contributed by atoms with van der Waals surface area (Å²) in [6.07, 6.45) is -1.27. The van der Waals surface area contributed by atoms with Gasteiger partial charge in [0, 0.05) is 31.5 Å². The van der Waals surface area contributed by atoms with Gasteiger partial charge in [0.2, 0.25) is 5.91 Å². The largest absolute Gasteiger partial charge is 0.416 e. The smallest absolute Gasteiger partial charge is 0.342 e. The molecule has 3 heterocycles. The van der Waals surface area contributed by atoms with Gasteiger partial charge in [0.05, 0.1) is 28.3 Å². The summed E-state index contributed by atoms with van der Waals surface area (Å²) in [5.74, 6) is 0.870. The van der Waals surface area contributed by atoms with Crippen molar-refractivity contribution in [2.45, 2.75) is 44.3 Å². The van der Waals surface area contributed by atoms with Gasteiger partial charge in [0.25, 0.3) is 0 Å². The monoisotopic (exact) mass is 478 g/mol. The molecular formula is C27H25F3N4O. The quantitative estimate of drug-likeness (QED) is 0.377. The summed E-state index contributed by atoms with van der Waals surface area (Å²) in [5, 5.41) is 0. The Morgan fingerprint density at radius 3 is 2.57 bits per heavy atom. The average molecular weight is 479 g/mol. The number of carbonyl (C=O) groups is 1. The number of imidazole rings is 1. The van der Waals surface area contributed by atoms with Gasteiger partial charge in [-0.15, -0.1) is 0 Å². The molecule has 1 fully saturated rings. The fraction of sp³-hybridized carbons (Fsp3) is 0.296. The lowest BCUT2D eigenvalue weighted by molar-refractivity contribution is -0.137. The topological polar surface area (TPSA) is 61.9 Å².